The molecule has 0 aliphatic carbocycles. The Balaban J connectivity index is 1.85. The SMILES string of the molecule is COCCNc1ccc(N=CC2C(=O)Nc3ccccc32)cc1C(F)(F)F. The molecule has 0 spiro atoms. The Bertz CT molecular complexity index is 866. The number of alkyl halides is 3. The van der Waals surface area contributed by atoms with E-state index < -0.39 is 17.7 Å². The molecule has 1 aliphatic heterocycles. The Morgan fingerprint density at radius 1 is 1.26 bits per heavy atom. The summed E-state index contributed by atoms with van der Waals surface area (Å²) >= 11 is 0. The minimum absolute atomic E-state index is 0.0394. The predicted molar refractivity (Wildman–Crippen MR) is 97.8 cm³/mol. The third kappa shape index (κ3) is 4.28. The quantitative estimate of drug-likeness (QED) is 0.586. The van der Waals surface area contributed by atoms with Gasteiger partial charge < -0.3 is 15.4 Å². The van der Waals surface area contributed by atoms with Crippen LogP contribution >= 0.6 is 0 Å². The van der Waals surface area contributed by atoms with E-state index >= 15 is 0 Å². The van der Waals surface area contributed by atoms with Crippen LogP contribution in [0.5, 0.6) is 0 Å². The monoisotopic (exact) mass is 377 g/mol. The molecule has 1 atom stereocenters. The van der Waals surface area contributed by atoms with Gasteiger partial charge in [-0.05, 0) is 29.8 Å². The number of halogens is 3. The van der Waals surface area contributed by atoms with Gasteiger partial charge in [0.1, 0.15) is 5.92 Å². The maximum Gasteiger partial charge on any atom is 0.418 e. The van der Waals surface area contributed by atoms with Crippen molar-refractivity contribution in [2.24, 2.45) is 4.99 Å². The number of methoxy groups -OCH3 is 1. The van der Waals surface area contributed by atoms with Gasteiger partial charge in [-0.2, -0.15) is 13.2 Å². The van der Waals surface area contributed by atoms with Crippen LogP contribution in [0.1, 0.15) is 17.0 Å². The molecule has 8 heteroatoms. The number of aliphatic imine (C=N–C) groups is 1. The number of carbonyl (C=O) groups excluding carboxylic acids is 1. The van der Waals surface area contributed by atoms with E-state index in [-0.39, 0.29) is 30.4 Å². The summed E-state index contributed by atoms with van der Waals surface area (Å²) in [6.45, 7) is 0.536. The number of ether oxygens (including phenoxy) is 1. The second kappa shape index (κ2) is 7.79. The van der Waals surface area contributed by atoms with E-state index in [0.29, 0.717) is 5.69 Å². The van der Waals surface area contributed by atoms with Gasteiger partial charge in [0, 0.05) is 31.2 Å². The van der Waals surface area contributed by atoms with Crippen LogP contribution in [0.3, 0.4) is 0 Å². The van der Waals surface area contributed by atoms with Crippen molar-refractivity contribution in [2.75, 3.05) is 30.9 Å². The van der Waals surface area contributed by atoms with E-state index in [1.165, 1.54) is 25.5 Å². The molecule has 1 amide bonds. The van der Waals surface area contributed by atoms with E-state index in [9.17, 15) is 18.0 Å². The molecule has 2 aromatic carbocycles. The number of fused-ring (bicyclic) bond motifs is 1. The summed E-state index contributed by atoms with van der Waals surface area (Å²) in [6, 6.07) is 10.9. The summed E-state index contributed by atoms with van der Waals surface area (Å²) in [4.78, 5) is 16.2. The van der Waals surface area contributed by atoms with Crippen LogP contribution in [0.15, 0.2) is 47.5 Å². The second-order valence-electron chi connectivity index (χ2n) is 5.98. The molecule has 1 heterocycles. The number of hydrogen-bond acceptors (Lipinski definition) is 4. The number of rotatable bonds is 6. The molecule has 0 bridgehead atoms. The maximum atomic E-state index is 13.4. The first-order valence-corrected chi connectivity index (χ1v) is 8.28. The van der Waals surface area contributed by atoms with Crippen molar-refractivity contribution in [3.05, 3.63) is 53.6 Å². The van der Waals surface area contributed by atoms with Crippen LogP contribution in [0.4, 0.5) is 30.2 Å². The Morgan fingerprint density at radius 3 is 2.78 bits per heavy atom. The van der Waals surface area contributed by atoms with Crippen LogP contribution < -0.4 is 10.6 Å². The van der Waals surface area contributed by atoms with Crippen molar-refractivity contribution in [3.8, 4) is 0 Å². The third-order valence-electron chi connectivity index (χ3n) is 4.14. The van der Waals surface area contributed by atoms with Gasteiger partial charge in [-0.1, -0.05) is 18.2 Å². The zero-order valence-corrected chi connectivity index (χ0v) is 14.5. The van der Waals surface area contributed by atoms with Gasteiger partial charge in [-0.15, -0.1) is 0 Å². The topological polar surface area (TPSA) is 62.7 Å². The summed E-state index contributed by atoms with van der Waals surface area (Å²) in [6.07, 6.45) is -3.16. The van der Waals surface area contributed by atoms with Crippen LogP contribution in [-0.2, 0) is 15.7 Å². The molecule has 1 aliphatic rings. The maximum absolute atomic E-state index is 13.4. The number of amides is 1. The molecule has 0 saturated carbocycles. The van der Waals surface area contributed by atoms with Crippen molar-refractivity contribution in [1.82, 2.24) is 0 Å². The number of nitrogens with one attached hydrogen (secondary N) is 2. The van der Waals surface area contributed by atoms with E-state index in [1.54, 1.807) is 24.3 Å². The Labute approximate surface area is 154 Å². The van der Waals surface area contributed by atoms with Crippen LogP contribution in [0, 0.1) is 0 Å². The van der Waals surface area contributed by atoms with Gasteiger partial charge in [0.15, 0.2) is 0 Å². The first-order chi connectivity index (χ1) is 12.9. The van der Waals surface area contributed by atoms with Crippen LogP contribution in [0.2, 0.25) is 0 Å². The van der Waals surface area contributed by atoms with Crippen molar-refractivity contribution < 1.29 is 22.7 Å². The van der Waals surface area contributed by atoms with Crippen LogP contribution in [-0.4, -0.2) is 32.4 Å². The van der Waals surface area contributed by atoms with Gasteiger partial charge in [0.2, 0.25) is 5.91 Å². The molecule has 0 radical (unpaired) electrons. The Hall–Kier alpha value is -2.87. The fourth-order valence-corrected chi connectivity index (χ4v) is 2.83. The van der Waals surface area contributed by atoms with Crippen molar-refractivity contribution >= 4 is 29.2 Å². The van der Waals surface area contributed by atoms with E-state index in [2.05, 4.69) is 15.6 Å². The Kier molecular flexibility index (Phi) is 5.46. The summed E-state index contributed by atoms with van der Waals surface area (Å²) < 4.78 is 44.9. The highest BCUT2D eigenvalue weighted by Gasteiger charge is 2.34. The van der Waals surface area contributed by atoms with Gasteiger partial charge in [-0.3, -0.25) is 9.79 Å². The average Bonchev–Trinajstić information content (AvgIpc) is 2.95. The molecule has 5 nitrogen and oxygen atoms in total. The minimum atomic E-state index is -4.53. The molecular formula is C19H18F3N3O2. The lowest BCUT2D eigenvalue weighted by Gasteiger charge is -2.15. The largest absolute Gasteiger partial charge is 0.418 e. The number of para-hydroxylation sites is 1. The van der Waals surface area contributed by atoms with Gasteiger partial charge in [-0.25, -0.2) is 0 Å². The molecule has 0 fully saturated rings. The summed E-state index contributed by atoms with van der Waals surface area (Å²) in [5.41, 5.74) is 0.705. The lowest BCUT2D eigenvalue weighted by Crippen LogP contribution is -2.14. The highest BCUT2D eigenvalue weighted by molar-refractivity contribution is 6.12. The standard InChI is InChI=1S/C19H18F3N3O2/c1-27-9-8-23-17-7-6-12(10-15(17)19(20,21)22)24-11-14-13-4-2-3-5-16(13)25-18(14)26/h2-7,10-11,14,23H,8-9H2,1H3,(H,25,26). The normalized spacial score (nSPS) is 16.4. The van der Waals surface area contributed by atoms with Crippen molar-refractivity contribution in [2.45, 2.75) is 12.1 Å². The van der Waals surface area contributed by atoms with Gasteiger partial charge >= 0.3 is 6.18 Å². The fraction of sp³-hybridized carbons (Fsp3) is 0.263. The summed E-state index contributed by atoms with van der Waals surface area (Å²) in [5.74, 6) is -0.885. The second-order valence-corrected chi connectivity index (χ2v) is 5.98. The zero-order valence-electron chi connectivity index (χ0n) is 14.5. The zero-order chi connectivity index (χ0) is 19.4. The first-order valence-electron chi connectivity index (χ1n) is 8.28. The molecule has 0 aromatic heterocycles. The number of nitrogens with zero attached hydrogens (tertiary/aromatic N) is 1. The number of carbonyl (C=O) groups is 1. The lowest BCUT2D eigenvalue weighted by molar-refractivity contribution is -0.137. The van der Waals surface area contributed by atoms with Crippen molar-refractivity contribution in [3.63, 3.8) is 0 Å². The molecule has 3 rings (SSSR count). The van der Waals surface area contributed by atoms with Crippen molar-refractivity contribution in [1.29, 1.82) is 0 Å². The molecular weight excluding hydrogens is 359 g/mol. The van der Waals surface area contributed by atoms with Gasteiger partial charge in [0.05, 0.1) is 17.9 Å². The number of hydrogen-bond donors (Lipinski definition) is 2. The summed E-state index contributed by atoms with van der Waals surface area (Å²) in [5, 5.41) is 5.43. The lowest BCUT2D eigenvalue weighted by atomic mass is 10.0. The average molecular weight is 377 g/mol. The molecule has 2 N–H and O–H groups in total. The highest BCUT2D eigenvalue weighted by atomic mass is 19.4. The number of benzene rings is 2. The molecule has 1 unspecified atom stereocenters. The van der Waals surface area contributed by atoms with E-state index in [4.69, 9.17) is 4.74 Å². The third-order valence-corrected chi connectivity index (χ3v) is 4.14. The smallest absolute Gasteiger partial charge is 0.383 e. The first kappa shape index (κ1) is 18.9. The summed E-state index contributed by atoms with van der Waals surface area (Å²) in [7, 11) is 1.47. The Morgan fingerprint density at radius 2 is 2.04 bits per heavy atom. The van der Waals surface area contributed by atoms with Gasteiger partial charge in [0.25, 0.3) is 0 Å². The van der Waals surface area contributed by atoms with E-state index in [0.717, 1.165) is 11.6 Å². The minimum Gasteiger partial charge on any atom is -0.383 e. The van der Waals surface area contributed by atoms with Crippen LogP contribution in [0.25, 0.3) is 0 Å². The predicted octanol–water partition coefficient (Wildman–Crippen LogP) is 4.20. The molecule has 27 heavy (non-hydrogen) atoms. The molecule has 142 valence electrons. The van der Waals surface area contributed by atoms with E-state index in [1.807, 2.05) is 0 Å². The molecule has 2 aromatic rings. The molecule has 0 saturated heterocycles. The highest BCUT2D eigenvalue weighted by Crippen LogP contribution is 2.37. The number of anilines is 2. The fourth-order valence-electron chi connectivity index (χ4n) is 2.83.